The van der Waals surface area contributed by atoms with Crippen molar-refractivity contribution in [3.8, 4) is 17.3 Å². The first-order chi connectivity index (χ1) is 9.33. The number of benzene rings is 1. The van der Waals surface area contributed by atoms with E-state index >= 15 is 0 Å². The number of halogens is 1. The third-order valence-electron chi connectivity index (χ3n) is 2.31. The van der Waals surface area contributed by atoms with Crippen molar-refractivity contribution in [3.05, 3.63) is 46.8 Å². The molecule has 0 saturated heterocycles. The Balaban J connectivity index is 1.70. The van der Waals surface area contributed by atoms with Crippen molar-refractivity contribution in [1.82, 2.24) is 15.1 Å². The largest absolute Gasteiger partial charge is 0.482 e. The van der Waals surface area contributed by atoms with Crippen molar-refractivity contribution in [2.24, 2.45) is 0 Å². The highest BCUT2D eigenvalue weighted by Gasteiger charge is 2.11. The minimum Gasteiger partial charge on any atom is -0.482 e. The van der Waals surface area contributed by atoms with Crippen LogP contribution in [-0.2, 0) is 6.61 Å². The topological polar surface area (TPSA) is 61.0 Å². The molecule has 0 atom stereocenters. The summed E-state index contributed by atoms with van der Waals surface area (Å²) >= 11 is 1.44. The van der Waals surface area contributed by atoms with Gasteiger partial charge in [0.1, 0.15) is 5.69 Å². The van der Waals surface area contributed by atoms with E-state index in [1.165, 1.54) is 23.5 Å². The Morgan fingerprint density at radius 3 is 3.00 bits per heavy atom. The van der Waals surface area contributed by atoms with E-state index in [4.69, 9.17) is 9.26 Å². The molecule has 0 N–H and O–H groups in total. The molecule has 0 aliphatic rings. The van der Waals surface area contributed by atoms with Crippen LogP contribution < -0.4 is 4.74 Å². The smallest absolute Gasteiger partial charge is 0.277 e. The summed E-state index contributed by atoms with van der Waals surface area (Å²) in [4.78, 5) is 8.17. The molecule has 2 aromatic heterocycles. The zero-order valence-corrected chi connectivity index (χ0v) is 10.4. The summed E-state index contributed by atoms with van der Waals surface area (Å²) in [7, 11) is 0. The molecule has 0 amide bonds. The van der Waals surface area contributed by atoms with Crippen LogP contribution in [0.25, 0.3) is 11.6 Å². The van der Waals surface area contributed by atoms with Crippen LogP contribution in [0.2, 0.25) is 0 Å². The second kappa shape index (κ2) is 5.15. The first kappa shape index (κ1) is 11.8. The summed E-state index contributed by atoms with van der Waals surface area (Å²) in [6, 6.07) is 6.15. The Morgan fingerprint density at radius 1 is 1.32 bits per heavy atom. The summed E-state index contributed by atoms with van der Waals surface area (Å²) in [6.45, 7) is 0.0363. The number of nitrogens with zero attached hydrogens (tertiary/aromatic N) is 3. The van der Waals surface area contributed by atoms with Crippen LogP contribution in [0.3, 0.4) is 0 Å². The number of hydrogen-bond donors (Lipinski definition) is 0. The summed E-state index contributed by atoms with van der Waals surface area (Å²) in [5.74, 6) is 0.396. The summed E-state index contributed by atoms with van der Waals surface area (Å²) in [5.41, 5.74) is 2.30. The fourth-order valence-electron chi connectivity index (χ4n) is 1.44. The molecule has 0 spiro atoms. The second-order valence-corrected chi connectivity index (χ2v) is 4.33. The third kappa shape index (κ3) is 2.60. The molecule has 0 aliphatic heterocycles. The van der Waals surface area contributed by atoms with Gasteiger partial charge in [0.25, 0.3) is 5.89 Å². The van der Waals surface area contributed by atoms with Crippen molar-refractivity contribution in [3.63, 3.8) is 0 Å². The van der Waals surface area contributed by atoms with Crippen molar-refractivity contribution in [2.75, 3.05) is 0 Å². The molecule has 3 rings (SSSR count). The minimum absolute atomic E-state index is 0.0363. The van der Waals surface area contributed by atoms with Gasteiger partial charge < -0.3 is 9.26 Å². The van der Waals surface area contributed by atoms with E-state index in [-0.39, 0.29) is 12.4 Å². The van der Waals surface area contributed by atoms with E-state index < -0.39 is 5.82 Å². The molecule has 96 valence electrons. The van der Waals surface area contributed by atoms with Crippen LogP contribution in [0.1, 0.15) is 5.82 Å². The molecule has 1 aromatic carbocycles. The highest BCUT2D eigenvalue weighted by Crippen LogP contribution is 2.19. The third-order valence-corrected chi connectivity index (χ3v) is 2.90. The molecule has 0 bridgehead atoms. The van der Waals surface area contributed by atoms with Crippen LogP contribution >= 0.6 is 11.3 Å². The Bertz CT molecular complexity index is 669. The van der Waals surface area contributed by atoms with Crippen LogP contribution in [-0.4, -0.2) is 15.1 Å². The lowest BCUT2D eigenvalue weighted by molar-refractivity contribution is 0.274. The monoisotopic (exact) mass is 277 g/mol. The lowest BCUT2D eigenvalue weighted by Gasteiger charge is -2.03. The predicted molar refractivity (Wildman–Crippen MR) is 66.1 cm³/mol. The van der Waals surface area contributed by atoms with Gasteiger partial charge in [0, 0.05) is 5.38 Å². The molecular weight excluding hydrogens is 269 g/mol. The number of thiazole rings is 1. The molecule has 19 heavy (non-hydrogen) atoms. The predicted octanol–water partition coefficient (Wildman–Crippen LogP) is 2.91. The van der Waals surface area contributed by atoms with Crippen LogP contribution in [0.5, 0.6) is 5.75 Å². The van der Waals surface area contributed by atoms with Gasteiger partial charge >= 0.3 is 0 Å². The first-order valence-corrected chi connectivity index (χ1v) is 6.35. The van der Waals surface area contributed by atoms with Gasteiger partial charge in [0.2, 0.25) is 5.82 Å². The average Bonchev–Trinajstić information content (AvgIpc) is 3.09. The van der Waals surface area contributed by atoms with E-state index in [2.05, 4.69) is 15.1 Å². The quantitative estimate of drug-likeness (QED) is 0.733. The zero-order chi connectivity index (χ0) is 13.1. The van der Waals surface area contributed by atoms with Crippen molar-refractivity contribution in [1.29, 1.82) is 0 Å². The standard InChI is InChI=1S/C12H8FN3O2S/c13-8-3-1-2-4-10(8)17-5-11-15-12(18-16-11)9-6-19-7-14-9/h1-4,6-7H,5H2. The number of hydrogen-bond acceptors (Lipinski definition) is 6. The van der Waals surface area contributed by atoms with Crippen LogP contribution in [0.4, 0.5) is 4.39 Å². The molecule has 5 nitrogen and oxygen atoms in total. The Hall–Kier alpha value is -2.28. The summed E-state index contributed by atoms with van der Waals surface area (Å²) < 4.78 is 23.6. The summed E-state index contributed by atoms with van der Waals surface area (Å²) in [5, 5.41) is 5.55. The van der Waals surface area contributed by atoms with E-state index in [1.807, 2.05) is 0 Å². The Labute approximate surface area is 111 Å². The Kier molecular flexibility index (Phi) is 3.20. The van der Waals surface area contributed by atoms with Gasteiger partial charge in [-0.15, -0.1) is 11.3 Å². The number of para-hydroxylation sites is 1. The first-order valence-electron chi connectivity index (χ1n) is 5.41. The molecular formula is C12H8FN3O2S. The van der Waals surface area contributed by atoms with Crippen molar-refractivity contribution in [2.45, 2.75) is 6.61 Å². The number of aromatic nitrogens is 3. The fourth-order valence-corrected chi connectivity index (χ4v) is 1.96. The highest BCUT2D eigenvalue weighted by atomic mass is 32.1. The molecule has 7 heteroatoms. The lowest BCUT2D eigenvalue weighted by Crippen LogP contribution is -1.99. The highest BCUT2D eigenvalue weighted by molar-refractivity contribution is 7.07. The minimum atomic E-state index is -0.425. The van der Waals surface area contributed by atoms with Gasteiger partial charge in [-0.1, -0.05) is 17.3 Å². The maximum absolute atomic E-state index is 13.3. The molecule has 0 radical (unpaired) electrons. The van der Waals surface area contributed by atoms with Gasteiger partial charge in [-0.05, 0) is 12.1 Å². The van der Waals surface area contributed by atoms with Gasteiger partial charge in [-0.2, -0.15) is 4.98 Å². The van der Waals surface area contributed by atoms with Gasteiger partial charge in [-0.25, -0.2) is 9.37 Å². The van der Waals surface area contributed by atoms with Crippen LogP contribution in [0, 0.1) is 5.82 Å². The lowest BCUT2D eigenvalue weighted by atomic mass is 10.3. The molecule has 2 heterocycles. The fraction of sp³-hybridized carbons (Fsp3) is 0.0833. The molecule has 3 aromatic rings. The number of ether oxygens (including phenoxy) is 1. The SMILES string of the molecule is Fc1ccccc1OCc1noc(-c2cscn2)n1. The maximum Gasteiger partial charge on any atom is 0.277 e. The number of rotatable bonds is 4. The molecule has 0 aliphatic carbocycles. The van der Waals surface area contributed by atoms with Crippen LogP contribution in [0.15, 0.2) is 39.7 Å². The average molecular weight is 277 g/mol. The molecule has 0 unspecified atom stereocenters. The van der Waals surface area contributed by atoms with Gasteiger partial charge in [0.05, 0.1) is 5.51 Å². The van der Waals surface area contributed by atoms with E-state index in [1.54, 1.807) is 23.0 Å². The van der Waals surface area contributed by atoms with E-state index in [0.29, 0.717) is 17.4 Å². The van der Waals surface area contributed by atoms with E-state index in [9.17, 15) is 4.39 Å². The van der Waals surface area contributed by atoms with Crippen molar-refractivity contribution < 1.29 is 13.7 Å². The Morgan fingerprint density at radius 2 is 2.21 bits per heavy atom. The molecule has 0 fully saturated rings. The second-order valence-electron chi connectivity index (χ2n) is 3.61. The van der Waals surface area contributed by atoms with Gasteiger partial charge in [0.15, 0.2) is 18.2 Å². The zero-order valence-electron chi connectivity index (χ0n) is 9.62. The van der Waals surface area contributed by atoms with Crippen molar-refractivity contribution >= 4 is 11.3 Å². The van der Waals surface area contributed by atoms with Gasteiger partial charge in [-0.3, -0.25) is 0 Å². The molecule has 0 saturated carbocycles. The van der Waals surface area contributed by atoms with E-state index in [0.717, 1.165) is 0 Å². The summed E-state index contributed by atoms with van der Waals surface area (Å²) in [6.07, 6.45) is 0. The maximum atomic E-state index is 13.3. The normalized spacial score (nSPS) is 10.6.